The minimum atomic E-state index is -0.206. The zero-order valence-corrected chi connectivity index (χ0v) is 16.0. The predicted octanol–water partition coefficient (Wildman–Crippen LogP) is 3.67. The van der Waals surface area contributed by atoms with Crippen molar-refractivity contribution < 1.29 is 14.6 Å². The van der Waals surface area contributed by atoms with E-state index in [9.17, 15) is 9.90 Å². The van der Waals surface area contributed by atoms with Gasteiger partial charge in [0.05, 0.1) is 11.7 Å². The SMILES string of the molecule is COCCCN1C(=O)c2[nH]nc(-c3ccc(O)cc3)c2C1c1ccc(C)cc1. The highest BCUT2D eigenvalue weighted by Crippen LogP contribution is 2.42. The molecule has 1 aliphatic rings. The summed E-state index contributed by atoms with van der Waals surface area (Å²) in [7, 11) is 1.67. The summed E-state index contributed by atoms with van der Waals surface area (Å²) in [4.78, 5) is 15.0. The molecule has 6 heteroatoms. The fraction of sp³-hybridized carbons (Fsp3) is 0.273. The van der Waals surface area contributed by atoms with Crippen LogP contribution in [0.2, 0.25) is 0 Å². The third kappa shape index (κ3) is 3.16. The molecule has 28 heavy (non-hydrogen) atoms. The number of carbonyl (C=O) groups is 1. The number of ether oxygens (including phenoxy) is 1. The monoisotopic (exact) mass is 377 g/mol. The minimum absolute atomic E-state index is 0.0470. The van der Waals surface area contributed by atoms with Crippen molar-refractivity contribution in [3.63, 3.8) is 0 Å². The quantitative estimate of drug-likeness (QED) is 0.643. The molecule has 0 aliphatic carbocycles. The molecule has 0 saturated heterocycles. The second kappa shape index (κ2) is 7.48. The van der Waals surface area contributed by atoms with Gasteiger partial charge in [0.1, 0.15) is 11.4 Å². The summed E-state index contributed by atoms with van der Waals surface area (Å²) in [6, 6.07) is 14.9. The number of amides is 1. The fourth-order valence-electron chi connectivity index (χ4n) is 3.74. The highest BCUT2D eigenvalue weighted by atomic mass is 16.5. The van der Waals surface area contributed by atoms with Gasteiger partial charge in [-0.25, -0.2) is 0 Å². The molecule has 4 rings (SSSR count). The molecule has 1 amide bonds. The lowest BCUT2D eigenvalue weighted by molar-refractivity contribution is 0.0723. The van der Waals surface area contributed by atoms with Crippen LogP contribution in [-0.4, -0.2) is 46.4 Å². The van der Waals surface area contributed by atoms with Crippen LogP contribution in [0.4, 0.5) is 0 Å². The van der Waals surface area contributed by atoms with E-state index in [1.807, 2.05) is 24.0 Å². The summed E-state index contributed by atoms with van der Waals surface area (Å²) >= 11 is 0. The van der Waals surface area contributed by atoms with Gasteiger partial charge in [-0.05, 0) is 43.2 Å². The second-order valence-corrected chi connectivity index (χ2v) is 7.07. The first-order valence-electron chi connectivity index (χ1n) is 9.34. The van der Waals surface area contributed by atoms with Crippen LogP contribution in [0.5, 0.6) is 5.75 Å². The molecule has 2 heterocycles. The number of phenols is 1. The Morgan fingerprint density at radius 1 is 1.14 bits per heavy atom. The average molecular weight is 377 g/mol. The topological polar surface area (TPSA) is 78.5 Å². The van der Waals surface area contributed by atoms with Crippen molar-refractivity contribution in [1.29, 1.82) is 0 Å². The molecule has 1 unspecified atom stereocenters. The normalized spacial score (nSPS) is 15.9. The summed E-state index contributed by atoms with van der Waals surface area (Å²) in [5.74, 6) is 0.150. The largest absolute Gasteiger partial charge is 0.508 e. The van der Waals surface area contributed by atoms with Crippen LogP contribution in [0.15, 0.2) is 48.5 Å². The highest BCUT2D eigenvalue weighted by molar-refractivity contribution is 6.00. The molecule has 2 N–H and O–H groups in total. The molecule has 0 bridgehead atoms. The highest BCUT2D eigenvalue weighted by Gasteiger charge is 2.41. The smallest absolute Gasteiger partial charge is 0.273 e. The number of rotatable bonds is 6. The molecule has 1 aliphatic heterocycles. The Bertz CT molecular complexity index is 977. The van der Waals surface area contributed by atoms with Crippen molar-refractivity contribution in [1.82, 2.24) is 15.1 Å². The van der Waals surface area contributed by atoms with Gasteiger partial charge in [-0.3, -0.25) is 9.89 Å². The van der Waals surface area contributed by atoms with Crippen molar-refractivity contribution >= 4 is 5.91 Å². The zero-order chi connectivity index (χ0) is 19.7. The number of fused-ring (bicyclic) bond motifs is 1. The van der Waals surface area contributed by atoms with Gasteiger partial charge in [0.15, 0.2) is 0 Å². The third-order valence-corrected chi connectivity index (χ3v) is 5.15. The van der Waals surface area contributed by atoms with E-state index in [0.29, 0.717) is 18.8 Å². The number of H-pyrrole nitrogens is 1. The molecule has 0 spiro atoms. The van der Waals surface area contributed by atoms with E-state index in [-0.39, 0.29) is 17.7 Å². The van der Waals surface area contributed by atoms with E-state index in [4.69, 9.17) is 4.74 Å². The number of aromatic hydroxyl groups is 1. The summed E-state index contributed by atoms with van der Waals surface area (Å²) < 4.78 is 5.17. The number of phenolic OH excluding ortho intramolecular Hbond substituents is 1. The molecule has 6 nitrogen and oxygen atoms in total. The van der Waals surface area contributed by atoms with E-state index in [2.05, 4.69) is 34.5 Å². The second-order valence-electron chi connectivity index (χ2n) is 7.07. The van der Waals surface area contributed by atoms with E-state index in [0.717, 1.165) is 28.8 Å². The average Bonchev–Trinajstić information content (AvgIpc) is 3.23. The van der Waals surface area contributed by atoms with Gasteiger partial charge in [-0.1, -0.05) is 29.8 Å². The molecular formula is C22H23N3O3. The summed E-state index contributed by atoms with van der Waals surface area (Å²) in [5, 5.41) is 17.0. The number of hydrogen-bond donors (Lipinski definition) is 2. The van der Waals surface area contributed by atoms with Crippen LogP contribution >= 0.6 is 0 Å². The minimum Gasteiger partial charge on any atom is -0.508 e. The molecule has 0 fully saturated rings. The lowest BCUT2D eigenvalue weighted by Crippen LogP contribution is -2.31. The molecule has 3 aromatic rings. The Balaban J connectivity index is 1.80. The van der Waals surface area contributed by atoms with Gasteiger partial charge in [0, 0.05) is 31.4 Å². The van der Waals surface area contributed by atoms with Crippen molar-refractivity contribution in [2.75, 3.05) is 20.3 Å². The van der Waals surface area contributed by atoms with Gasteiger partial charge in [0.25, 0.3) is 5.91 Å². The Morgan fingerprint density at radius 3 is 2.54 bits per heavy atom. The lowest BCUT2D eigenvalue weighted by atomic mass is 9.95. The van der Waals surface area contributed by atoms with Crippen molar-refractivity contribution in [2.45, 2.75) is 19.4 Å². The first-order valence-corrected chi connectivity index (χ1v) is 9.34. The molecule has 144 valence electrons. The summed E-state index contributed by atoms with van der Waals surface area (Å²) in [5.41, 5.74) is 5.24. The number of aromatic amines is 1. The number of hydrogen-bond acceptors (Lipinski definition) is 4. The number of aryl methyl sites for hydroxylation is 1. The van der Waals surface area contributed by atoms with E-state index in [1.54, 1.807) is 19.2 Å². The molecule has 0 saturated carbocycles. The first-order chi connectivity index (χ1) is 13.6. The van der Waals surface area contributed by atoms with Crippen LogP contribution in [0.25, 0.3) is 11.3 Å². The number of benzene rings is 2. The van der Waals surface area contributed by atoms with Crippen molar-refractivity contribution in [2.24, 2.45) is 0 Å². The van der Waals surface area contributed by atoms with E-state index >= 15 is 0 Å². The van der Waals surface area contributed by atoms with Gasteiger partial charge >= 0.3 is 0 Å². The van der Waals surface area contributed by atoms with Crippen molar-refractivity contribution in [3.05, 3.63) is 70.9 Å². The van der Waals surface area contributed by atoms with Gasteiger partial charge in [-0.15, -0.1) is 0 Å². The van der Waals surface area contributed by atoms with Crippen LogP contribution in [0, 0.1) is 6.92 Å². The number of methoxy groups -OCH3 is 1. The standard InChI is InChI=1S/C22H23N3O3/c1-14-4-6-16(7-5-14)21-18-19(15-8-10-17(26)11-9-15)23-24-20(18)22(27)25(21)12-3-13-28-2/h4-11,21,26H,3,12-13H2,1-2H3,(H,23,24). The number of nitrogens with zero attached hydrogens (tertiary/aromatic N) is 2. The number of aromatic nitrogens is 2. The van der Waals surface area contributed by atoms with Gasteiger partial charge in [0.2, 0.25) is 0 Å². The van der Waals surface area contributed by atoms with Crippen LogP contribution in [-0.2, 0) is 4.74 Å². The Morgan fingerprint density at radius 2 is 1.86 bits per heavy atom. The number of carbonyl (C=O) groups excluding carboxylic acids is 1. The maximum absolute atomic E-state index is 13.1. The Labute approximate surface area is 163 Å². The van der Waals surface area contributed by atoms with Crippen LogP contribution < -0.4 is 0 Å². The maximum atomic E-state index is 13.1. The zero-order valence-electron chi connectivity index (χ0n) is 16.0. The lowest BCUT2D eigenvalue weighted by Gasteiger charge is -2.26. The molecule has 2 aromatic carbocycles. The first kappa shape index (κ1) is 18.3. The van der Waals surface area contributed by atoms with E-state index < -0.39 is 0 Å². The summed E-state index contributed by atoms with van der Waals surface area (Å²) in [6.07, 6.45) is 0.761. The fourth-order valence-corrected chi connectivity index (χ4v) is 3.74. The van der Waals surface area contributed by atoms with E-state index in [1.165, 1.54) is 5.56 Å². The van der Waals surface area contributed by atoms with Crippen LogP contribution in [0.3, 0.4) is 0 Å². The maximum Gasteiger partial charge on any atom is 0.273 e. The predicted molar refractivity (Wildman–Crippen MR) is 106 cm³/mol. The van der Waals surface area contributed by atoms with Crippen LogP contribution in [0.1, 0.15) is 39.6 Å². The Kier molecular flexibility index (Phi) is 4.88. The molecular weight excluding hydrogens is 354 g/mol. The summed E-state index contributed by atoms with van der Waals surface area (Å²) in [6.45, 7) is 3.25. The Hall–Kier alpha value is -3.12. The molecule has 1 aromatic heterocycles. The number of nitrogens with one attached hydrogen (secondary N) is 1. The van der Waals surface area contributed by atoms with Crippen molar-refractivity contribution in [3.8, 4) is 17.0 Å². The molecule has 1 atom stereocenters. The molecule has 0 radical (unpaired) electrons. The van der Waals surface area contributed by atoms with Gasteiger partial charge < -0.3 is 14.7 Å². The third-order valence-electron chi connectivity index (χ3n) is 5.15. The van der Waals surface area contributed by atoms with Gasteiger partial charge in [-0.2, -0.15) is 5.10 Å².